The molecular weight excluding hydrogens is 356 g/mol. The van der Waals surface area contributed by atoms with Crippen LogP contribution in [0.15, 0.2) is 48.5 Å². The van der Waals surface area contributed by atoms with Gasteiger partial charge in [-0.05, 0) is 35.7 Å². The van der Waals surface area contributed by atoms with Crippen molar-refractivity contribution in [3.63, 3.8) is 0 Å². The highest BCUT2D eigenvalue weighted by Crippen LogP contribution is 2.24. The second-order valence-electron chi connectivity index (χ2n) is 5.67. The van der Waals surface area contributed by atoms with E-state index in [2.05, 4.69) is 17.4 Å². The molecule has 1 amide bonds. The quantitative estimate of drug-likeness (QED) is 0.658. The highest BCUT2D eigenvalue weighted by atomic mass is 32.2. The van der Waals surface area contributed by atoms with Gasteiger partial charge in [-0.2, -0.15) is 8.42 Å². The maximum atomic E-state index is 11.0. The number of ether oxygens (including phenoxy) is 1. The Morgan fingerprint density at radius 1 is 1.19 bits per heavy atom. The topological polar surface area (TPSA) is 119 Å². The lowest BCUT2D eigenvalue weighted by Gasteiger charge is -2.10. The average molecular weight is 380 g/mol. The van der Waals surface area contributed by atoms with Crippen LogP contribution in [0.2, 0.25) is 0 Å². The highest BCUT2D eigenvalue weighted by molar-refractivity contribution is 7.85. The first kappa shape index (κ1) is 21.6. The molecule has 7 nitrogen and oxygen atoms in total. The standard InChI is InChI=1S/C17H20N2O2.CH4O3S/c1-12(17(18)20)19-11-13-6-8-14(9-7-13)15-4-3-5-16(10-15)21-2;1-5(2,3)4/h3-10,12,19H,11H2,1-2H3,(H2,18,20);1H3,(H,2,3,4)/t12-;/m0./s1. The van der Waals surface area contributed by atoms with Crippen molar-refractivity contribution in [3.05, 3.63) is 54.1 Å². The average Bonchev–Trinajstić information content (AvgIpc) is 2.58. The van der Waals surface area contributed by atoms with Gasteiger partial charge in [0.2, 0.25) is 5.91 Å². The van der Waals surface area contributed by atoms with Gasteiger partial charge in [0.1, 0.15) is 5.75 Å². The minimum absolute atomic E-state index is 0.330. The normalized spacial score (nSPS) is 11.8. The predicted octanol–water partition coefficient (Wildman–Crippen LogP) is 1.83. The number of benzene rings is 2. The molecule has 2 rings (SSSR count). The van der Waals surface area contributed by atoms with Crippen LogP contribution in [-0.4, -0.2) is 38.3 Å². The molecule has 0 fully saturated rings. The Hall–Kier alpha value is -2.42. The largest absolute Gasteiger partial charge is 0.497 e. The molecule has 0 aliphatic heterocycles. The van der Waals surface area contributed by atoms with Crippen LogP contribution in [0.5, 0.6) is 5.75 Å². The number of primary amides is 1. The fourth-order valence-corrected chi connectivity index (χ4v) is 1.99. The number of rotatable bonds is 6. The lowest BCUT2D eigenvalue weighted by Crippen LogP contribution is -2.38. The zero-order valence-electron chi connectivity index (χ0n) is 15.0. The summed E-state index contributed by atoms with van der Waals surface area (Å²) in [6, 6.07) is 15.8. The molecule has 2 aromatic carbocycles. The fraction of sp³-hybridized carbons (Fsp3) is 0.278. The van der Waals surface area contributed by atoms with Crippen LogP contribution in [0.1, 0.15) is 12.5 Å². The minimum Gasteiger partial charge on any atom is -0.497 e. The monoisotopic (exact) mass is 380 g/mol. The van der Waals surface area contributed by atoms with Gasteiger partial charge >= 0.3 is 0 Å². The van der Waals surface area contributed by atoms with Crippen molar-refractivity contribution in [2.75, 3.05) is 13.4 Å². The van der Waals surface area contributed by atoms with E-state index in [-0.39, 0.29) is 11.9 Å². The lowest BCUT2D eigenvalue weighted by molar-refractivity contribution is -0.119. The summed E-state index contributed by atoms with van der Waals surface area (Å²) >= 11 is 0. The molecule has 0 aliphatic carbocycles. The number of nitrogens with two attached hydrogens (primary N) is 1. The van der Waals surface area contributed by atoms with Crippen LogP contribution in [0.3, 0.4) is 0 Å². The Balaban J connectivity index is 0.000000597. The molecule has 0 radical (unpaired) electrons. The Morgan fingerprint density at radius 3 is 2.27 bits per heavy atom. The van der Waals surface area contributed by atoms with E-state index >= 15 is 0 Å². The molecule has 0 unspecified atom stereocenters. The van der Waals surface area contributed by atoms with Crippen molar-refractivity contribution in [2.24, 2.45) is 5.73 Å². The summed E-state index contributed by atoms with van der Waals surface area (Å²) in [5.41, 5.74) is 8.56. The van der Waals surface area contributed by atoms with Gasteiger partial charge in [0.15, 0.2) is 0 Å². The van der Waals surface area contributed by atoms with Crippen LogP contribution in [0.25, 0.3) is 11.1 Å². The summed E-state index contributed by atoms with van der Waals surface area (Å²) in [7, 11) is -2.01. The Bertz CT molecular complexity index is 812. The van der Waals surface area contributed by atoms with Crippen molar-refractivity contribution in [2.45, 2.75) is 19.5 Å². The summed E-state index contributed by atoms with van der Waals surface area (Å²) in [5.74, 6) is 0.497. The van der Waals surface area contributed by atoms with Crippen LogP contribution in [0.4, 0.5) is 0 Å². The van der Waals surface area contributed by atoms with E-state index in [9.17, 15) is 13.2 Å². The number of carbonyl (C=O) groups excluding carboxylic acids is 1. The third-order valence-electron chi connectivity index (χ3n) is 3.40. The molecule has 26 heavy (non-hydrogen) atoms. The highest BCUT2D eigenvalue weighted by Gasteiger charge is 2.07. The smallest absolute Gasteiger partial charge is 0.261 e. The lowest BCUT2D eigenvalue weighted by atomic mass is 10.0. The molecule has 142 valence electrons. The zero-order valence-corrected chi connectivity index (χ0v) is 15.8. The molecule has 0 saturated carbocycles. The Morgan fingerprint density at radius 2 is 1.77 bits per heavy atom. The van der Waals surface area contributed by atoms with Gasteiger partial charge in [-0.3, -0.25) is 9.35 Å². The Labute approximate surface area is 153 Å². The van der Waals surface area contributed by atoms with E-state index in [1.54, 1.807) is 14.0 Å². The van der Waals surface area contributed by atoms with Crippen LogP contribution in [-0.2, 0) is 21.5 Å². The van der Waals surface area contributed by atoms with Crippen LogP contribution in [0, 0.1) is 0 Å². The van der Waals surface area contributed by atoms with E-state index < -0.39 is 10.1 Å². The van der Waals surface area contributed by atoms with Gasteiger partial charge in [0.05, 0.1) is 19.4 Å². The first-order chi connectivity index (χ1) is 12.1. The molecule has 0 spiro atoms. The van der Waals surface area contributed by atoms with Crippen molar-refractivity contribution in [3.8, 4) is 16.9 Å². The van der Waals surface area contributed by atoms with E-state index in [1.165, 1.54) is 0 Å². The second-order valence-corrected chi connectivity index (χ2v) is 7.13. The molecule has 0 saturated heterocycles. The van der Waals surface area contributed by atoms with E-state index in [1.807, 2.05) is 36.4 Å². The van der Waals surface area contributed by atoms with E-state index in [0.29, 0.717) is 12.8 Å². The van der Waals surface area contributed by atoms with Gasteiger partial charge in [-0.1, -0.05) is 36.4 Å². The van der Waals surface area contributed by atoms with Gasteiger partial charge < -0.3 is 15.8 Å². The third-order valence-corrected chi connectivity index (χ3v) is 3.40. The first-order valence-electron chi connectivity index (χ1n) is 7.78. The molecule has 0 heterocycles. The van der Waals surface area contributed by atoms with Crippen molar-refractivity contribution < 1.29 is 22.5 Å². The summed E-state index contributed by atoms with van der Waals surface area (Å²) < 4.78 is 31.1. The number of amides is 1. The molecule has 2 aromatic rings. The molecule has 1 atom stereocenters. The summed E-state index contributed by atoms with van der Waals surface area (Å²) in [6.45, 7) is 2.37. The Kier molecular flexibility index (Phi) is 8.24. The predicted molar refractivity (Wildman–Crippen MR) is 101 cm³/mol. The van der Waals surface area contributed by atoms with Crippen molar-refractivity contribution in [1.82, 2.24) is 5.32 Å². The number of hydrogen-bond donors (Lipinski definition) is 3. The zero-order chi connectivity index (χ0) is 19.7. The number of methoxy groups -OCH3 is 1. The molecule has 0 aromatic heterocycles. The van der Waals surface area contributed by atoms with Crippen LogP contribution >= 0.6 is 0 Å². The summed E-state index contributed by atoms with van der Waals surface area (Å²) in [6.07, 6.45) is 0.715. The SMILES string of the molecule is COc1cccc(-c2ccc(CN[C@@H](C)C(N)=O)cc2)c1.CS(=O)(=O)O. The molecule has 8 heteroatoms. The van der Waals surface area contributed by atoms with E-state index in [0.717, 1.165) is 22.4 Å². The molecule has 0 bridgehead atoms. The molecular formula is C18H24N2O5S. The summed E-state index contributed by atoms with van der Waals surface area (Å²) in [5, 5.41) is 3.08. The molecule has 4 N–H and O–H groups in total. The number of nitrogens with one attached hydrogen (secondary N) is 1. The van der Waals surface area contributed by atoms with Crippen LogP contribution < -0.4 is 15.8 Å². The molecule has 0 aliphatic rings. The first-order valence-corrected chi connectivity index (χ1v) is 9.63. The van der Waals surface area contributed by atoms with Gasteiger partial charge in [-0.25, -0.2) is 0 Å². The minimum atomic E-state index is -3.67. The fourth-order valence-electron chi connectivity index (χ4n) is 1.99. The third kappa shape index (κ3) is 8.61. The maximum Gasteiger partial charge on any atom is 0.261 e. The maximum absolute atomic E-state index is 11.0. The van der Waals surface area contributed by atoms with Gasteiger partial charge in [0, 0.05) is 6.54 Å². The van der Waals surface area contributed by atoms with Crippen molar-refractivity contribution >= 4 is 16.0 Å². The second kappa shape index (κ2) is 9.91. The van der Waals surface area contributed by atoms with Gasteiger partial charge in [-0.15, -0.1) is 0 Å². The summed E-state index contributed by atoms with van der Waals surface area (Å²) in [4.78, 5) is 11.0. The van der Waals surface area contributed by atoms with E-state index in [4.69, 9.17) is 15.0 Å². The van der Waals surface area contributed by atoms with Gasteiger partial charge in [0.25, 0.3) is 10.1 Å². The number of hydrogen-bond acceptors (Lipinski definition) is 5. The number of carbonyl (C=O) groups is 1. The van der Waals surface area contributed by atoms with Crippen molar-refractivity contribution in [1.29, 1.82) is 0 Å².